The molecule has 0 saturated heterocycles. The average Bonchev–Trinajstić information content (AvgIpc) is 2.56. The van der Waals surface area contributed by atoms with Gasteiger partial charge in [0.25, 0.3) is 0 Å². The van der Waals surface area contributed by atoms with Crippen LogP contribution in [0.25, 0.3) is 0 Å². The summed E-state index contributed by atoms with van der Waals surface area (Å²) >= 11 is 0. The Morgan fingerprint density at radius 2 is 1.43 bits per heavy atom. The lowest BCUT2D eigenvalue weighted by atomic mass is 10.0. The molecule has 2 rings (SSSR count). The van der Waals surface area contributed by atoms with Gasteiger partial charge in [-0.25, -0.2) is 4.79 Å². The summed E-state index contributed by atoms with van der Waals surface area (Å²) in [5, 5.41) is 9.41. The van der Waals surface area contributed by atoms with E-state index in [0.717, 1.165) is 11.1 Å². The summed E-state index contributed by atoms with van der Waals surface area (Å²) in [5.41, 5.74) is 2.34. The number of aliphatic imine (C=N–C) groups is 1. The van der Waals surface area contributed by atoms with Gasteiger partial charge in [-0.2, -0.15) is 0 Å². The normalized spacial score (nSPS) is 11.5. The highest BCUT2D eigenvalue weighted by Gasteiger charge is 2.19. The molecule has 0 unspecified atom stereocenters. The van der Waals surface area contributed by atoms with Gasteiger partial charge in [-0.05, 0) is 13.3 Å². The second-order valence-electron chi connectivity index (χ2n) is 5.30. The molecule has 0 heterocycles. The van der Waals surface area contributed by atoms with E-state index >= 15 is 0 Å². The molecule has 0 saturated carbocycles. The summed E-state index contributed by atoms with van der Waals surface area (Å²) in [6.07, 6.45) is 0.408. The van der Waals surface area contributed by atoms with Gasteiger partial charge in [0.05, 0.1) is 5.71 Å². The first-order valence-corrected chi connectivity index (χ1v) is 7.49. The lowest BCUT2D eigenvalue weighted by Gasteiger charge is -2.12. The van der Waals surface area contributed by atoms with E-state index in [4.69, 9.17) is 0 Å². The van der Waals surface area contributed by atoms with E-state index in [2.05, 4.69) is 4.99 Å². The molecule has 23 heavy (non-hydrogen) atoms. The number of Topliss-reactive ketones (excluding diaryl/α,β-unsaturated/α-hetero) is 1. The van der Waals surface area contributed by atoms with E-state index in [9.17, 15) is 14.7 Å². The first kappa shape index (κ1) is 16.6. The molecular formula is C19H19NO3. The quantitative estimate of drug-likeness (QED) is 0.798. The Kier molecular flexibility index (Phi) is 5.80. The van der Waals surface area contributed by atoms with Crippen molar-refractivity contribution >= 4 is 17.5 Å². The minimum atomic E-state index is -1.02. The minimum absolute atomic E-state index is 0.0348. The summed E-state index contributed by atoms with van der Waals surface area (Å²) in [6.45, 7) is 1.46. The van der Waals surface area contributed by atoms with Crippen molar-refractivity contribution in [1.29, 1.82) is 0 Å². The summed E-state index contributed by atoms with van der Waals surface area (Å²) in [5.74, 6) is -1.05. The summed E-state index contributed by atoms with van der Waals surface area (Å²) in [7, 11) is 0. The number of carbonyl (C=O) groups excluding carboxylic acids is 1. The number of nitrogens with zero attached hydrogens (tertiary/aromatic N) is 1. The van der Waals surface area contributed by atoms with Crippen LogP contribution in [-0.4, -0.2) is 28.6 Å². The van der Waals surface area contributed by atoms with Crippen LogP contribution in [-0.2, 0) is 9.59 Å². The molecule has 0 radical (unpaired) electrons. The largest absolute Gasteiger partial charge is 0.480 e. The Bertz CT molecular complexity index is 652. The number of benzene rings is 2. The van der Waals surface area contributed by atoms with Crippen molar-refractivity contribution in [3.8, 4) is 0 Å². The molecule has 0 aliphatic heterocycles. The number of carboxylic acid groups (broad SMARTS) is 1. The Morgan fingerprint density at radius 3 is 1.83 bits per heavy atom. The number of ketones is 1. The maximum atomic E-state index is 11.5. The van der Waals surface area contributed by atoms with E-state index in [1.54, 1.807) is 0 Å². The average molecular weight is 309 g/mol. The number of hydrogen-bond acceptors (Lipinski definition) is 3. The van der Waals surface area contributed by atoms with Crippen LogP contribution in [0.5, 0.6) is 0 Å². The van der Waals surface area contributed by atoms with Gasteiger partial charge in [0.1, 0.15) is 11.8 Å². The highest BCUT2D eigenvalue weighted by Crippen LogP contribution is 2.14. The van der Waals surface area contributed by atoms with E-state index in [0.29, 0.717) is 5.71 Å². The molecule has 2 aromatic rings. The fourth-order valence-electron chi connectivity index (χ4n) is 2.25. The van der Waals surface area contributed by atoms with Crippen LogP contribution in [0.2, 0.25) is 0 Å². The van der Waals surface area contributed by atoms with E-state index in [1.807, 2.05) is 60.7 Å². The zero-order valence-electron chi connectivity index (χ0n) is 13.0. The van der Waals surface area contributed by atoms with Gasteiger partial charge in [0.2, 0.25) is 0 Å². The summed E-state index contributed by atoms with van der Waals surface area (Å²) in [4.78, 5) is 27.1. The lowest BCUT2D eigenvalue weighted by Crippen LogP contribution is -2.21. The first-order valence-electron chi connectivity index (χ1n) is 7.49. The third-order valence-corrected chi connectivity index (χ3v) is 3.43. The van der Waals surface area contributed by atoms with Gasteiger partial charge in [-0.3, -0.25) is 4.99 Å². The van der Waals surface area contributed by atoms with Crippen molar-refractivity contribution in [2.75, 3.05) is 0 Å². The predicted molar refractivity (Wildman–Crippen MR) is 89.9 cm³/mol. The predicted octanol–water partition coefficient (Wildman–Crippen LogP) is 3.35. The Morgan fingerprint density at radius 1 is 0.957 bits per heavy atom. The van der Waals surface area contributed by atoms with Crippen LogP contribution in [0.1, 0.15) is 30.9 Å². The molecule has 0 aromatic heterocycles. The van der Waals surface area contributed by atoms with Crippen molar-refractivity contribution in [2.24, 2.45) is 4.99 Å². The van der Waals surface area contributed by atoms with Gasteiger partial charge in [0.15, 0.2) is 0 Å². The van der Waals surface area contributed by atoms with Crippen LogP contribution < -0.4 is 0 Å². The molecule has 1 N–H and O–H groups in total. The second kappa shape index (κ2) is 8.03. The molecule has 1 atom stereocenters. The van der Waals surface area contributed by atoms with Crippen LogP contribution in [0.3, 0.4) is 0 Å². The van der Waals surface area contributed by atoms with Gasteiger partial charge in [-0.15, -0.1) is 0 Å². The van der Waals surface area contributed by atoms with Crippen molar-refractivity contribution in [3.05, 3.63) is 71.8 Å². The van der Waals surface area contributed by atoms with Gasteiger partial charge in [0, 0.05) is 17.5 Å². The van der Waals surface area contributed by atoms with Crippen LogP contribution in [0, 0.1) is 0 Å². The fraction of sp³-hybridized carbons (Fsp3) is 0.211. The zero-order valence-corrected chi connectivity index (χ0v) is 13.0. The standard InChI is InChI=1S/C19H19NO3/c1-14(21)12-13-17(19(22)23)20-18(15-8-4-2-5-9-15)16-10-6-3-7-11-16/h2-11,17H,12-13H2,1H3,(H,22,23)/t17-/m0/s1. The topological polar surface area (TPSA) is 66.7 Å². The van der Waals surface area contributed by atoms with Crippen LogP contribution in [0.15, 0.2) is 65.7 Å². The van der Waals surface area contributed by atoms with E-state index < -0.39 is 12.0 Å². The lowest BCUT2D eigenvalue weighted by molar-refractivity contribution is -0.138. The van der Waals surface area contributed by atoms with Crippen LogP contribution in [0.4, 0.5) is 0 Å². The highest BCUT2D eigenvalue weighted by atomic mass is 16.4. The van der Waals surface area contributed by atoms with E-state index in [1.165, 1.54) is 6.92 Å². The molecule has 4 heteroatoms. The van der Waals surface area contributed by atoms with Crippen molar-refractivity contribution < 1.29 is 14.7 Å². The Balaban J connectivity index is 2.43. The maximum absolute atomic E-state index is 11.5. The molecule has 0 aliphatic rings. The minimum Gasteiger partial charge on any atom is -0.480 e. The maximum Gasteiger partial charge on any atom is 0.328 e. The summed E-state index contributed by atoms with van der Waals surface area (Å²) in [6, 6.07) is 18.0. The van der Waals surface area contributed by atoms with Crippen molar-refractivity contribution in [1.82, 2.24) is 0 Å². The number of carbonyl (C=O) groups is 2. The molecule has 0 amide bonds. The fourth-order valence-corrected chi connectivity index (χ4v) is 2.25. The third kappa shape index (κ3) is 4.88. The third-order valence-electron chi connectivity index (χ3n) is 3.43. The molecule has 0 fully saturated rings. The number of rotatable bonds is 7. The number of aliphatic carboxylic acids is 1. The molecule has 2 aromatic carbocycles. The zero-order chi connectivity index (χ0) is 16.7. The van der Waals surface area contributed by atoms with Crippen LogP contribution >= 0.6 is 0 Å². The smallest absolute Gasteiger partial charge is 0.328 e. The Labute approximate surface area is 135 Å². The van der Waals surface area contributed by atoms with Crippen molar-refractivity contribution in [3.63, 3.8) is 0 Å². The number of hydrogen-bond donors (Lipinski definition) is 1. The molecule has 0 aliphatic carbocycles. The molecule has 0 spiro atoms. The van der Waals surface area contributed by atoms with Crippen molar-refractivity contribution in [2.45, 2.75) is 25.8 Å². The van der Waals surface area contributed by atoms with Gasteiger partial charge < -0.3 is 9.90 Å². The second-order valence-corrected chi connectivity index (χ2v) is 5.30. The highest BCUT2D eigenvalue weighted by molar-refractivity contribution is 6.13. The van der Waals surface area contributed by atoms with Gasteiger partial charge in [-0.1, -0.05) is 60.7 Å². The Hall–Kier alpha value is -2.75. The summed E-state index contributed by atoms with van der Waals surface area (Å²) < 4.78 is 0. The monoisotopic (exact) mass is 309 g/mol. The first-order chi connectivity index (χ1) is 11.1. The molecule has 118 valence electrons. The molecule has 0 bridgehead atoms. The van der Waals surface area contributed by atoms with E-state index in [-0.39, 0.29) is 18.6 Å². The van der Waals surface area contributed by atoms with Gasteiger partial charge >= 0.3 is 5.97 Å². The molecule has 4 nitrogen and oxygen atoms in total. The number of carboxylic acids is 1. The molecular weight excluding hydrogens is 290 g/mol. The SMILES string of the molecule is CC(=O)CC[C@H](N=C(c1ccccc1)c1ccccc1)C(=O)O.